The van der Waals surface area contributed by atoms with Crippen molar-refractivity contribution in [1.82, 2.24) is 0 Å². The predicted molar refractivity (Wildman–Crippen MR) is 118 cm³/mol. The van der Waals surface area contributed by atoms with Crippen molar-refractivity contribution in [3.05, 3.63) is 65.7 Å². The van der Waals surface area contributed by atoms with E-state index >= 15 is 0 Å². The van der Waals surface area contributed by atoms with Gasteiger partial charge in [-0.3, -0.25) is 0 Å². The average molecular weight is 356 g/mol. The van der Waals surface area contributed by atoms with Crippen LogP contribution in [0.3, 0.4) is 0 Å². The first-order chi connectivity index (χ1) is 12.7. The molecule has 0 aromatic heterocycles. The lowest BCUT2D eigenvalue weighted by atomic mass is 10.0. The zero-order chi connectivity index (χ0) is 19.9. The maximum atomic E-state index is 5.36. The van der Waals surface area contributed by atoms with E-state index in [2.05, 4.69) is 43.1 Å². The number of anilines is 1. The molecule has 0 heterocycles. The number of unbranched alkanes of at least 4 members (excludes halogenated alkanes) is 1. The molecule has 0 amide bonds. The highest BCUT2D eigenvalue weighted by Gasteiger charge is 2.06. The number of ether oxygens (including phenoxy) is 1. The van der Waals surface area contributed by atoms with E-state index in [0.717, 1.165) is 34.7 Å². The zero-order valence-corrected chi connectivity index (χ0v) is 17.8. The summed E-state index contributed by atoms with van der Waals surface area (Å²) in [5, 5.41) is 3.39. The second-order valence-electron chi connectivity index (χ2n) is 5.54. The van der Waals surface area contributed by atoms with Crippen LogP contribution in [0, 0.1) is 6.92 Å². The molecule has 0 atom stereocenters. The smallest absolute Gasteiger partial charge is 0.123 e. The fourth-order valence-electron chi connectivity index (χ4n) is 2.46. The molecule has 2 nitrogen and oxygen atoms in total. The van der Waals surface area contributed by atoms with Crippen LogP contribution in [-0.2, 0) is 6.42 Å². The van der Waals surface area contributed by atoms with E-state index < -0.39 is 0 Å². The molecule has 0 unspecified atom stereocenters. The number of benzene rings is 2. The third kappa shape index (κ3) is 7.35. The molecule has 1 N–H and O–H groups in total. The van der Waals surface area contributed by atoms with Gasteiger partial charge in [-0.25, -0.2) is 0 Å². The third-order valence-corrected chi connectivity index (χ3v) is 3.91. The van der Waals surface area contributed by atoms with Crippen molar-refractivity contribution < 1.29 is 4.74 Å². The SMILES string of the molecule is C=C(Nc1cccc(OC)c1C)c1ccc(CCCC)cc1.CC.CC. The summed E-state index contributed by atoms with van der Waals surface area (Å²) in [5.41, 5.74) is 5.52. The van der Waals surface area contributed by atoms with Crippen molar-refractivity contribution in [2.45, 2.75) is 60.8 Å². The predicted octanol–water partition coefficient (Wildman–Crippen LogP) is 7.48. The van der Waals surface area contributed by atoms with Gasteiger partial charge in [0.2, 0.25) is 0 Å². The van der Waals surface area contributed by atoms with Gasteiger partial charge in [0.05, 0.1) is 7.11 Å². The minimum absolute atomic E-state index is 0.882. The van der Waals surface area contributed by atoms with Gasteiger partial charge in [0.25, 0.3) is 0 Å². The summed E-state index contributed by atoms with van der Waals surface area (Å²) in [4.78, 5) is 0. The van der Waals surface area contributed by atoms with Gasteiger partial charge in [0.1, 0.15) is 5.75 Å². The van der Waals surface area contributed by atoms with E-state index in [9.17, 15) is 0 Å². The Kier molecular flexibility index (Phi) is 12.8. The zero-order valence-electron chi connectivity index (χ0n) is 17.8. The lowest BCUT2D eigenvalue weighted by molar-refractivity contribution is 0.412. The van der Waals surface area contributed by atoms with Crippen LogP contribution in [0.1, 0.15) is 64.2 Å². The van der Waals surface area contributed by atoms with Gasteiger partial charge in [0, 0.05) is 16.9 Å². The van der Waals surface area contributed by atoms with Crippen LogP contribution in [-0.4, -0.2) is 7.11 Å². The van der Waals surface area contributed by atoms with E-state index in [0.29, 0.717) is 0 Å². The van der Waals surface area contributed by atoms with E-state index in [1.165, 1.54) is 18.4 Å². The summed E-state index contributed by atoms with van der Waals surface area (Å²) in [6, 6.07) is 14.6. The third-order valence-electron chi connectivity index (χ3n) is 3.91. The Morgan fingerprint density at radius 2 is 1.62 bits per heavy atom. The molecule has 144 valence electrons. The highest BCUT2D eigenvalue weighted by Crippen LogP contribution is 2.27. The summed E-state index contributed by atoms with van der Waals surface area (Å²) in [6.45, 7) is 16.4. The summed E-state index contributed by atoms with van der Waals surface area (Å²) >= 11 is 0. The number of nitrogens with one attached hydrogen (secondary N) is 1. The van der Waals surface area contributed by atoms with Gasteiger partial charge in [-0.05, 0) is 43.0 Å². The second-order valence-corrected chi connectivity index (χ2v) is 5.54. The first kappa shape index (κ1) is 23.8. The maximum Gasteiger partial charge on any atom is 0.123 e. The number of aryl methyl sites for hydroxylation is 1. The van der Waals surface area contributed by atoms with Gasteiger partial charge in [-0.15, -0.1) is 0 Å². The molecule has 0 radical (unpaired) electrons. The molecule has 0 fully saturated rings. The van der Waals surface area contributed by atoms with E-state index in [-0.39, 0.29) is 0 Å². The van der Waals surface area contributed by atoms with Crippen molar-refractivity contribution in [2.24, 2.45) is 0 Å². The van der Waals surface area contributed by atoms with Gasteiger partial charge >= 0.3 is 0 Å². The Bertz CT molecular complexity index is 629. The topological polar surface area (TPSA) is 21.3 Å². The van der Waals surface area contributed by atoms with Crippen LogP contribution in [0.4, 0.5) is 5.69 Å². The minimum atomic E-state index is 0.882. The molecule has 0 bridgehead atoms. The summed E-state index contributed by atoms with van der Waals surface area (Å²) in [5.74, 6) is 0.882. The van der Waals surface area contributed by atoms with Gasteiger partial charge in [-0.1, -0.05) is 78.0 Å². The minimum Gasteiger partial charge on any atom is -0.496 e. The molecule has 2 rings (SSSR count). The molecule has 0 aliphatic carbocycles. The largest absolute Gasteiger partial charge is 0.496 e. The van der Waals surface area contributed by atoms with E-state index in [4.69, 9.17) is 4.74 Å². The van der Waals surface area contributed by atoms with Crippen molar-refractivity contribution in [1.29, 1.82) is 0 Å². The van der Waals surface area contributed by atoms with Crippen LogP contribution < -0.4 is 10.1 Å². The first-order valence-electron chi connectivity index (χ1n) is 9.84. The first-order valence-corrected chi connectivity index (χ1v) is 9.84. The van der Waals surface area contributed by atoms with Gasteiger partial charge < -0.3 is 10.1 Å². The summed E-state index contributed by atoms with van der Waals surface area (Å²) in [7, 11) is 1.69. The fourth-order valence-corrected chi connectivity index (χ4v) is 2.46. The van der Waals surface area contributed by atoms with Crippen molar-refractivity contribution >= 4 is 11.4 Å². The summed E-state index contributed by atoms with van der Waals surface area (Å²) < 4.78 is 5.36. The van der Waals surface area contributed by atoms with Crippen LogP contribution >= 0.6 is 0 Å². The molecule has 0 saturated heterocycles. The number of rotatable bonds is 7. The monoisotopic (exact) mass is 355 g/mol. The molecule has 26 heavy (non-hydrogen) atoms. The molecule has 0 saturated carbocycles. The Balaban J connectivity index is 0.00000146. The van der Waals surface area contributed by atoms with Crippen LogP contribution in [0.2, 0.25) is 0 Å². The number of hydrogen-bond acceptors (Lipinski definition) is 2. The van der Waals surface area contributed by atoms with Gasteiger partial charge in [0.15, 0.2) is 0 Å². The quantitative estimate of drug-likeness (QED) is 0.555. The Morgan fingerprint density at radius 1 is 1.00 bits per heavy atom. The number of hydrogen-bond donors (Lipinski definition) is 1. The lowest BCUT2D eigenvalue weighted by Crippen LogP contribution is -2.00. The lowest BCUT2D eigenvalue weighted by Gasteiger charge is -2.14. The molecule has 0 spiro atoms. The maximum absolute atomic E-state index is 5.36. The summed E-state index contributed by atoms with van der Waals surface area (Å²) in [6.07, 6.45) is 3.61. The molecular weight excluding hydrogens is 318 g/mol. The van der Waals surface area contributed by atoms with E-state index in [1.54, 1.807) is 7.11 Å². The van der Waals surface area contributed by atoms with Crippen LogP contribution in [0.15, 0.2) is 49.0 Å². The van der Waals surface area contributed by atoms with Crippen molar-refractivity contribution in [2.75, 3.05) is 12.4 Å². The molecule has 2 heteroatoms. The molecule has 0 aliphatic rings. The standard InChI is InChI=1S/C20H25NO.2C2H6/c1-5-6-8-17-11-13-18(14-12-17)16(3)21-19-9-7-10-20(22-4)15(19)2;2*1-2/h7,9-14,21H,3,5-6,8H2,1-2,4H3;2*1-2H3. The van der Waals surface area contributed by atoms with Crippen LogP contribution in [0.25, 0.3) is 5.70 Å². The Hall–Kier alpha value is -2.22. The van der Waals surface area contributed by atoms with Gasteiger partial charge in [-0.2, -0.15) is 0 Å². The molecular formula is C24H37NO. The highest BCUT2D eigenvalue weighted by atomic mass is 16.5. The van der Waals surface area contributed by atoms with Crippen molar-refractivity contribution in [3.8, 4) is 5.75 Å². The second kappa shape index (κ2) is 14.0. The molecule has 2 aromatic carbocycles. The normalized spacial score (nSPS) is 9.19. The fraction of sp³-hybridized carbons (Fsp3) is 0.417. The Labute approximate surface area is 161 Å². The average Bonchev–Trinajstić information content (AvgIpc) is 2.71. The van der Waals surface area contributed by atoms with E-state index in [1.807, 2.05) is 52.8 Å². The molecule has 0 aliphatic heterocycles. The highest BCUT2D eigenvalue weighted by molar-refractivity contribution is 5.77. The Morgan fingerprint density at radius 3 is 2.15 bits per heavy atom. The number of methoxy groups -OCH3 is 1. The van der Waals surface area contributed by atoms with Crippen LogP contribution in [0.5, 0.6) is 5.75 Å². The van der Waals surface area contributed by atoms with Crippen molar-refractivity contribution in [3.63, 3.8) is 0 Å². The molecule has 2 aromatic rings.